The molecular formula is C21H28N2O2Si. The molecule has 5 heteroatoms. The third kappa shape index (κ3) is 3.21. The molecule has 1 aromatic heterocycles. The molecule has 2 atom stereocenters. The molecule has 0 aliphatic carbocycles. The van der Waals surface area contributed by atoms with Crippen molar-refractivity contribution in [3.05, 3.63) is 59.9 Å². The summed E-state index contributed by atoms with van der Waals surface area (Å²) in [6.07, 6.45) is 1.54. The second-order valence-corrected chi connectivity index (χ2v) is 13.2. The molecule has 0 saturated carbocycles. The molecule has 2 aromatic rings. The quantitative estimate of drug-likeness (QED) is 0.700. The number of anilines is 1. The summed E-state index contributed by atoms with van der Waals surface area (Å²) in [4.78, 5) is 19.2. The SMILES string of the molecule is C[C@@H]1[C@@H](O[Si](C)(C)C(C)(C)C)c2ccccc2N1C(=O)c1ccccn1. The van der Waals surface area contributed by atoms with E-state index >= 15 is 0 Å². The minimum atomic E-state index is -1.98. The molecule has 0 unspecified atom stereocenters. The van der Waals surface area contributed by atoms with Crippen LogP contribution in [0.2, 0.25) is 18.1 Å². The lowest BCUT2D eigenvalue weighted by Crippen LogP contribution is -2.45. The molecule has 0 saturated heterocycles. The van der Waals surface area contributed by atoms with Crippen LogP contribution in [0.4, 0.5) is 5.69 Å². The van der Waals surface area contributed by atoms with Gasteiger partial charge in [-0.2, -0.15) is 0 Å². The molecule has 138 valence electrons. The van der Waals surface area contributed by atoms with Gasteiger partial charge in [-0.25, -0.2) is 0 Å². The average Bonchev–Trinajstić information content (AvgIpc) is 2.86. The molecule has 1 aliphatic rings. The van der Waals surface area contributed by atoms with Gasteiger partial charge in [0.25, 0.3) is 5.91 Å². The van der Waals surface area contributed by atoms with Crippen molar-refractivity contribution >= 4 is 19.9 Å². The number of rotatable bonds is 3. The van der Waals surface area contributed by atoms with Crippen molar-refractivity contribution in [3.8, 4) is 0 Å². The lowest BCUT2D eigenvalue weighted by molar-refractivity contribution is 0.0947. The molecule has 1 aromatic carbocycles. The predicted molar refractivity (Wildman–Crippen MR) is 108 cm³/mol. The Balaban J connectivity index is 1.99. The second kappa shape index (κ2) is 6.63. The molecule has 0 spiro atoms. The lowest BCUT2D eigenvalue weighted by Gasteiger charge is -2.40. The van der Waals surface area contributed by atoms with Crippen LogP contribution in [0, 0.1) is 0 Å². The predicted octanol–water partition coefficient (Wildman–Crippen LogP) is 5.19. The molecule has 0 N–H and O–H groups in total. The van der Waals surface area contributed by atoms with Gasteiger partial charge in [-0.3, -0.25) is 9.78 Å². The fraction of sp³-hybridized carbons (Fsp3) is 0.429. The van der Waals surface area contributed by atoms with Crippen molar-refractivity contribution in [2.75, 3.05) is 4.90 Å². The summed E-state index contributed by atoms with van der Waals surface area (Å²) in [6, 6.07) is 13.4. The number of aromatic nitrogens is 1. The molecule has 1 amide bonds. The van der Waals surface area contributed by atoms with Crippen LogP contribution in [-0.4, -0.2) is 25.3 Å². The summed E-state index contributed by atoms with van der Waals surface area (Å²) < 4.78 is 6.74. The Morgan fingerprint density at radius 3 is 2.38 bits per heavy atom. The third-order valence-corrected chi connectivity index (χ3v) is 10.1. The number of pyridine rings is 1. The first-order valence-electron chi connectivity index (χ1n) is 9.15. The fourth-order valence-electron chi connectivity index (χ4n) is 3.13. The van der Waals surface area contributed by atoms with Gasteiger partial charge in [0.1, 0.15) is 5.69 Å². The van der Waals surface area contributed by atoms with Crippen molar-refractivity contribution < 1.29 is 9.22 Å². The average molecular weight is 369 g/mol. The highest BCUT2D eigenvalue weighted by molar-refractivity contribution is 6.74. The van der Waals surface area contributed by atoms with Crippen LogP contribution in [-0.2, 0) is 4.43 Å². The highest BCUT2D eigenvalue weighted by Gasteiger charge is 2.46. The number of hydrogen-bond acceptors (Lipinski definition) is 3. The summed E-state index contributed by atoms with van der Waals surface area (Å²) in [5.74, 6) is -0.0770. The summed E-state index contributed by atoms with van der Waals surface area (Å²) in [5, 5.41) is 0.111. The van der Waals surface area contributed by atoms with Gasteiger partial charge in [-0.15, -0.1) is 0 Å². The number of carbonyl (C=O) groups excluding carboxylic acids is 1. The zero-order valence-electron chi connectivity index (χ0n) is 16.5. The van der Waals surface area contributed by atoms with Crippen LogP contribution in [0.3, 0.4) is 0 Å². The first-order valence-corrected chi connectivity index (χ1v) is 12.1. The van der Waals surface area contributed by atoms with Gasteiger partial charge in [0, 0.05) is 11.8 Å². The van der Waals surface area contributed by atoms with E-state index in [1.54, 1.807) is 12.3 Å². The van der Waals surface area contributed by atoms with Crippen molar-refractivity contribution in [1.29, 1.82) is 0 Å². The summed E-state index contributed by atoms with van der Waals surface area (Å²) in [5.41, 5.74) is 2.48. The van der Waals surface area contributed by atoms with E-state index in [1.165, 1.54) is 0 Å². The minimum absolute atomic E-state index is 0.0731. The second-order valence-electron chi connectivity index (χ2n) is 8.49. The van der Waals surface area contributed by atoms with Crippen molar-refractivity contribution in [3.63, 3.8) is 0 Å². The largest absolute Gasteiger partial charge is 0.408 e. The maximum Gasteiger partial charge on any atom is 0.277 e. The van der Waals surface area contributed by atoms with E-state index in [1.807, 2.05) is 35.2 Å². The summed E-state index contributed by atoms with van der Waals surface area (Å²) >= 11 is 0. The van der Waals surface area contributed by atoms with E-state index in [4.69, 9.17) is 4.43 Å². The van der Waals surface area contributed by atoms with Gasteiger partial charge in [0.2, 0.25) is 0 Å². The number of hydrogen-bond donors (Lipinski definition) is 0. The first-order chi connectivity index (χ1) is 12.1. The van der Waals surface area contributed by atoms with Gasteiger partial charge in [-0.05, 0) is 43.3 Å². The monoisotopic (exact) mass is 368 g/mol. The van der Waals surface area contributed by atoms with Crippen LogP contribution in [0.25, 0.3) is 0 Å². The normalized spacial score (nSPS) is 20.2. The van der Waals surface area contributed by atoms with Gasteiger partial charge in [-0.1, -0.05) is 45.0 Å². The zero-order chi connectivity index (χ0) is 19.1. The molecule has 0 radical (unpaired) electrons. The molecule has 0 fully saturated rings. The minimum Gasteiger partial charge on any atom is -0.408 e. The fourth-order valence-corrected chi connectivity index (χ4v) is 4.44. The van der Waals surface area contributed by atoms with Crippen molar-refractivity contribution in [1.82, 2.24) is 4.98 Å². The van der Waals surface area contributed by atoms with Crippen LogP contribution in [0.5, 0.6) is 0 Å². The molecular weight excluding hydrogens is 340 g/mol. The van der Waals surface area contributed by atoms with E-state index in [0.29, 0.717) is 5.69 Å². The Labute approximate surface area is 157 Å². The standard InChI is InChI=1S/C21H28N2O2Si/c1-15-19(25-26(5,6)21(2,3)4)16-11-7-8-13-18(16)23(15)20(24)17-12-9-10-14-22-17/h7-15,19H,1-6H3/t15-,19-/m1/s1. The number of nitrogens with zero attached hydrogens (tertiary/aromatic N) is 2. The summed E-state index contributed by atoms with van der Waals surface area (Å²) in [7, 11) is -1.98. The van der Waals surface area contributed by atoms with Crippen LogP contribution in [0.15, 0.2) is 48.7 Å². The van der Waals surface area contributed by atoms with Gasteiger partial charge >= 0.3 is 0 Å². The number of amides is 1. The Hall–Kier alpha value is -1.98. The van der Waals surface area contributed by atoms with E-state index in [9.17, 15) is 4.79 Å². The Bertz CT molecular complexity index is 799. The maximum absolute atomic E-state index is 13.1. The smallest absolute Gasteiger partial charge is 0.277 e. The number of para-hydroxylation sites is 1. The van der Waals surface area contributed by atoms with E-state index < -0.39 is 8.32 Å². The summed E-state index contributed by atoms with van der Waals surface area (Å²) in [6.45, 7) is 13.3. The van der Waals surface area contributed by atoms with Crippen LogP contribution in [0.1, 0.15) is 49.9 Å². The van der Waals surface area contributed by atoms with Crippen molar-refractivity contribution in [2.24, 2.45) is 0 Å². The van der Waals surface area contributed by atoms with E-state index in [2.05, 4.69) is 51.8 Å². The molecule has 1 aliphatic heterocycles. The molecule has 2 heterocycles. The molecule has 0 bridgehead atoms. The number of fused-ring (bicyclic) bond motifs is 1. The number of benzene rings is 1. The Morgan fingerprint density at radius 2 is 1.77 bits per heavy atom. The van der Waals surface area contributed by atoms with Crippen molar-refractivity contribution in [2.45, 2.75) is 58.0 Å². The van der Waals surface area contributed by atoms with Gasteiger partial charge < -0.3 is 9.33 Å². The third-order valence-electron chi connectivity index (χ3n) is 5.68. The highest BCUT2D eigenvalue weighted by Crippen LogP contribution is 2.47. The Morgan fingerprint density at radius 1 is 1.12 bits per heavy atom. The molecule has 3 rings (SSSR count). The van der Waals surface area contributed by atoms with Crippen LogP contribution >= 0.6 is 0 Å². The Kier molecular flexibility index (Phi) is 4.79. The van der Waals surface area contributed by atoms with Crippen LogP contribution < -0.4 is 4.90 Å². The van der Waals surface area contributed by atoms with E-state index in [0.717, 1.165) is 11.3 Å². The maximum atomic E-state index is 13.1. The van der Waals surface area contributed by atoms with Gasteiger partial charge in [0.05, 0.1) is 17.8 Å². The number of carbonyl (C=O) groups is 1. The molecule has 26 heavy (non-hydrogen) atoms. The van der Waals surface area contributed by atoms with Gasteiger partial charge in [0.15, 0.2) is 8.32 Å². The molecule has 4 nitrogen and oxygen atoms in total. The first kappa shape index (κ1) is 18.8. The topological polar surface area (TPSA) is 42.4 Å². The lowest BCUT2D eigenvalue weighted by atomic mass is 10.1. The highest BCUT2D eigenvalue weighted by atomic mass is 28.4. The van der Waals surface area contributed by atoms with E-state index in [-0.39, 0.29) is 23.1 Å². The zero-order valence-corrected chi connectivity index (χ0v) is 17.5.